The van der Waals surface area contributed by atoms with Gasteiger partial charge in [0.25, 0.3) is 0 Å². The normalized spacial score (nSPS) is 20.0. The number of fused-ring (bicyclic) bond motifs is 1. The zero-order valence-corrected chi connectivity index (χ0v) is 14.6. The molecule has 0 bridgehead atoms. The van der Waals surface area contributed by atoms with E-state index < -0.39 is 0 Å². The van der Waals surface area contributed by atoms with Gasteiger partial charge in [0.05, 0.1) is 12.6 Å². The van der Waals surface area contributed by atoms with E-state index in [4.69, 9.17) is 4.74 Å². The van der Waals surface area contributed by atoms with Crippen molar-refractivity contribution in [2.24, 2.45) is 0 Å². The Hall–Kier alpha value is -2.24. The highest BCUT2D eigenvalue weighted by molar-refractivity contribution is 5.78. The van der Waals surface area contributed by atoms with Gasteiger partial charge in [0.1, 0.15) is 5.75 Å². The van der Waals surface area contributed by atoms with Crippen molar-refractivity contribution in [1.29, 1.82) is 0 Å². The second-order valence-electron chi connectivity index (χ2n) is 6.67. The average molecular weight is 345 g/mol. The molecule has 6 heteroatoms. The summed E-state index contributed by atoms with van der Waals surface area (Å²) in [7, 11) is 0. The molecular weight excluding hydrogens is 318 g/mol. The second kappa shape index (κ2) is 8.74. The van der Waals surface area contributed by atoms with Gasteiger partial charge in [-0.2, -0.15) is 0 Å². The van der Waals surface area contributed by atoms with Crippen LogP contribution in [0.25, 0.3) is 0 Å². The molecule has 3 rings (SSSR count). The first-order chi connectivity index (χ1) is 12.2. The van der Waals surface area contributed by atoms with E-state index in [1.54, 1.807) is 0 Å². The molecule has 2 N–H and O–H groups in total. The molecular formula is C19H27N3O3. The number of hydrogen-bond donors (Lipinski definition) is 2. The van der Waals surface area contributed by atoms with Crippen molar-refractivity contribution in [2.75, 3.05) is 26.2 Å². The highest BCUT2D eigenvalue weighted by Gasteiger charge is 2.22. The van der Waals surface area contributed by atoms with Crippen LogP contribution in [0.15, 0.2) is 24.3 Å². The molecule has 1 aromatic rings. The molecule has 6 nitrogen and oxygen atoms in total. The third kappa shape index (κ3) is 4.87. The van der Waals surface area contributed by atoms with Crippen LogP contribution in [0.2, 0.25) is 0 Å². The molecule has 0 aromatic heterocycles. The molecule has 25 heavy (non-hydrogen) atoms. The largest absolute Gasteiger partial charge is 0.493 e. The summed E-state index contributed by atoms with van der Waals surface area (Å²) in [5.74, 6) is 0.967. The van der Waals surface area contributed by atoms with Gasteiger partial charge in [-0.25, -0.2) is 4.79 Å². The van der Waals surface area contributed by atoms with Crippen LogP contribution in [0, 0.1) is 0 Å². The van der Waals surface area contributed by atoms with Gasteiger partial charge >= 0.3 is 6.03 Å². The first-order valence-corrected chi connectivity index (χ1v) is 9.28. The van der Waals surface area contributed by atoms with E-state index >= 15 is 0 Å². The molecule has 136 valence electrons. The molecule has 0 spiro atoms. The number of nitrogens with zero attached hydrogens (tertiary/aromatic N) is 1. The van der Waals surface area contributed by atoms with Crippen molar-refractivity contribution in [3.8, 4) is 5.75 Å². The van der Waals surface area contributed by atoms with Crippen LogP contribution in [-0.2, 0) is 4.79 Å². The Morgan fingerprint density at radius 3 is 2.68 bits per heavy atom. The van der Waals surface area contributed by atoms with Crippen molar-refractivity contribution in [2.45, 2.75) is 44.6 Å². The Labute approximate surface area is 148 Å². The fraction of sp³-hybridized carbons (Fsp3) is 0.579. The first kappa shape index (κ1) is 17.6. The van der Waals surface area contributed by atoms with Crippen LogP contribution in [0.4, 0.5) is 4.79 Å². The van der Waals surface area contributed by atoms with Crippen LogP contribution < -0.4 is 15.4 Å². The third-order valence-electron chi connectivity index (χ3n) is 4.85. The Kier molecular flexibility index (Phi) is 6.14. The monoisotopic (exact) mass is 345 g/mol. The van der Waals surface area contributed by atoms with Crippen LogP contribution >= 0.6 is 0 Å². The number of carbonyl (C=O) groups is 2. The van der Waals surface area contributed by atoms with Crippen molar-refractivity contribution in [3.63, 3.8) is 0 Å². The van der Waals surface area contributed by atoms with E-state index in [0.29, 0.717) is 19.6 Å². The van der Waals surface area contributed by atoms with Gasteiger partial charge in [-0.1, -0.05) is 31.0 Å². The number of hydrogen-bond acceptors (Lipinski definition) is 3. The summed E-state index contributed by atoms with van der Waals surface area (Å²) in [4.78, 5) is 26.3. The number of benzene rings is 1. The minimum absolute atomic E-state index is 0.0498. The van der Waals surface area contributed by atoms with Gasteiger partial charge in [-0.05, 0) is 18.9 Å². The maximum Gasteiger partial charge on any atom is 0.315 e. The average Bonchev–Trinajstić information content (AvgIpc) is 2.91. The van der Waals surface area contributed by atoms with Crippen LogP contribution in [0.5, 0.6) is 5.75 Å². The number of para-hydroxylation sites is 1. The lowest BCUT2D eigenvalue weighted by molar-refractivity contribution is -0.131. The summed E-state index contributed by atoms with van der Waals surface area (Å²) in [5, 5.41) is 5.79. The fourth-order valence-corrected chi connectivity index (χ4v) is 3.46. The summed E-state index contributed by atoms with van der Waals surface area (Å²) in [6.45, 7) is 2.66. The zero-order chi connectivity index (χ0) is 17.5. The highest BCUT2D eigenvalue weighted by Crippen LogP contribution is 2.31. The highest BCUT2D eigenvalue weighted by atomic mass is 16.5. The topological polar surface area (TPSA) is 70.7 Å². The first-order valence-electron chi connectivity index (χ1n) is 9.28. The van der Waals surface area contributed by atoms with Crippen LogP contribution in [-0.4, -0.2) is 43.1 Å². The lowest BCUT2D eigenvalue weighted by Gasteiger charge is -2.26. The molecule has 1 saturated heterocycles. The molecule has 0 saturated carbocycles. The molecule has 1 atom stereocenters. The molecule has 1 fully saturated rings. The Bertz CT molecular complexity index is 597. The van der Waals surface area contributed by atoms with E-state index in [0.717, 1.165) is 43.7 Å². The maximum absolute atomic E-state index is 12.2. The minimum Gasteiger partial charge on any atom is -0.493 e. The lowest BCUT2D eigenvalue weighted by atomic mass is 10.0. The van der Waals surface area contributed by atoms with Crippen molar-refractivity contribution in [1.82, 2.24) is 15.5 Å². The number of likely N-dealkylation sites (tertiary alicyclic amines) is 1. The van der Waals surface area contributed by atoms with Gasteiger partial charge in [0.2, 0.25) is 5.91 Å². The summed E-state index contributed by atoms with van der Waals surface area (Å²) >= 11 is 0. The summed E-state index contributed by atoms with van der Waals surface area (Å²) in [6, 6.07) is 7.48. The van der Waals surface area contributed by atoms with E-state index in [1.165, 1.54) is 12.8 Å². The number of rotatable bonds is 4. The van der Waals surface area contributed by atoms with Gasteiger partial charge in [-0.15, -0.1) is 0 Å². The van der Waals surface area contributed by atoms with Gasteiger partial charge in [0.15, 0.2) is 0 Å². The molecule has 1 aromatic carbocycles. The van der Waals surface area contributed by atoms with Gasteiger partial charge in [0, 0.05) is 38.0 Å². The molecule has 3 amide bonds. The smallest absolute Gasteiger partial charge is 0.315 e. The number of carbonyl (C=O) groups excluding carboxylic acids is 2. The van der Waals surface area contributed by atoms with Crippen LogP contribution in [0.1, 0.15) is 50.1 Å². The Morgan fingerprint density at radius 1 is 1.12 bits per heavy atom. The van der Waals surface area contributed by atoms with E-state index in [9.17, 15) is 9.59 Å². The third-order valence-corrected chi connectivity index (χ3v) is 4.85. The van der Waals surface area contributed by atoms with Gasteiger partial charge in [-0.3, -0.25) is 4.79 Å². The van der Waals surface area contributed by atoms with E-state index in [1.807, 2.05) is 29.2 Å². The number of nitrogens with one attached hydrogen (secondary N) is 2. The number of urea groups is 1. The lowest BCUT2D eigenvalue weighted by Crippen LogP contribution is -2.41. The minimum atomic E-state index is -0.231. The SMILES string of the molecule is O=C(NCCC(=O)N1CCCCCC1)N[C@H]1CCOc2ccccc21. The van der Waals surface area contributed by atoms with E-state index in [-0.39, 0.29) is 18.0 Å². The molecule has 0 aliphatic carbocycles. The fourth-order valence-electron chi connectivity index (χ4n) is 3.46. The molecule has 0 radical (unpaired) electrons. The Morgan fingerprint density at radius 2 is 1.88 bits per heavy atom. The number of ether oxygens (including phenoxy) is 1. The quantitative estimate of drug-likeness (QED) is 0.881. The summed E-state index contributed by atoms with van der Waals surface area (Å²) < 4.78 is 5.60. The van der Waals surface area contributed by atoms with Crippen LogP contribution in [0.3, 0.4) is 0 Å². The summed E-state index contributed by atoms with van der Waals surface area (Å²) in [5.41, 5.74) is 1.00. The van der Waals surface area contributed by atoms with Crippen molar-refractivity contribution >= 4 is 11.9 Å². The predicted molar refractivity (Wildman–Crippen MR) is 95.5 cm³/mol. The van der Waals surface area contributed by atoms with Gasteiger partial charge < -0.3 is 20.3 Å². The zero-order valence-electron chi connectivity index (χ0n) is 14.6. The second-order valence-corrected chi connectivity index (χ2v) is 6.67. The van der Waals surface area contributed by atoms with Crippen molar-refractivity contribution in [3.05, 3.63) is 29.8 Å². The van der Waals surface area contributed by atoms with Crippen molar-refractivity contribution < 1.29 is 14.3 Å². The molecule has 2 aliphatic heterocycles. The van der Waals surface area contributed by atoms with E-state index in [2.05, 4.69) is 10.6 Å². The predicted octanol–water partition coefficient (Wildman–Crippen LogP) is 2.60. The number of amides is 3. The summed E-state index contributed by atoms with van der Waals surface area (Å²) in [6.07, 6.45) is 5.69. The maximum atomic E-state index is 12.2. The molecule has 0 unspecified atom stereocenters. The molecule has 2 heterocycles. The Balaban J connectivity index is 1.42. The molecule has 2 aliphatic rings. The standard InChI is InChI=1S/C19H27N3O3/c23-18(22-12-5-1-2-6-13-22)9-11-20-19(24)21-16-10-14-25-17-8-4-3-7-15(16)17/h3-4,7-8,16H,1-2,5-6,9-14H2,(H2,20,21,24)/t16-/m0/s1.